The number of hydrogen-bond acceptors (Lipinski definition) is 5. The van der Waals surface area contributed by atoms with Gasteiger partial charge in [0.2, 0.25) is 5.91 Å². The second-order valence-electron chi connectivity index (χ2n) is 7.65. The number of nitrogens with one attached hydrogen (secondary N) is 2. The first-order chi connectivity index (χ1) is 14.5. The Kier molecular flexibility index (Phi) is 9.18. The second-order valence-corrected chi connectivity index (χ2v) is 9.36. The van der Waals surface area contributed by atoms with Crippen LogP contribution in [0.2, 0.25) is 0 Å². The van der Waals surface area contributed by atoms with Crippen LogP contribution in [0.5, 0.6) is 17.2 Å². The number of ether oxygens (including phenoxy) is 2. The van der Waals surface area contributed by atoms with Crippen molar-refractivity contribution in [3.63, 3.8) is 0 Å². The SMILES string of the molecule is CC(C)CC(=O)Nc1ccc(Oc2c(Br)cc(OCC(=O)O)cc2Br)cc1NC(C)C. The van der Waals surface area contributed by atoms with Crippen LogP contribution in [0.1, 0.15) is 34.1 Å². The summed E-state index contributed by atoms with van der Waals surface area (Å²) in [6.07, 6.45) is 0.440. The number of amides is 1. The predicted molar refractivity (Wildman–Crippen MR) is 128 cm³/mol. The van der Waals surface area contributed by atoms with Gasteiger partial charge in [-0.1, -0.05) is 13.8 Å². The molecule has 0 radical (unpaired) electrons. The molecule has 31 heavy (non-hydrogen) atoms. The summed E-state index contributed by atoms with van der Waals surface area (Å²) in [7, 11) is 0. The van der Waals surface area contributed by atoms with E-state index in [1.807, 2.05) is 33.8 Å². The molecule has 0 aliphatic rings. The quantitative estimate of drug-likeness (QED) is 0.318. The van der Waals surface area contributed by atoms with E-state index >= 15 is 0 Å². The van der Waals surface area contributed by atoms with Gasteiger partial charge in [-0.3, -0.25) is 4.79 Å². The normalized spacial score (nSPS) is 10.8. The summed E-state index contributed by atoms with van der Waals surface area (Å²) >= 11 is 6.87. The zero-order valence-corrected chi connectivity index (χ0v) is 21.0. The number of carboxylic acids is 1. The summed E-state index contributed by atoms with van der Waals surface area (Å²) in [5, 5.41) is 15.0. The molecular formula is C22H26Br2N2O5. The number of benzene rings is 2. The molecule has 1 amide bonds. The average Bonchev–Trinajstić information content (AvgIpc) is 2.64. The Labute approximate surface area is 198 Å². The standard InChI is InChI=1S/C22H26Br2N2O5/c1-12(2)7-20(27)26-18-6-5-14(10-19(18)25-13(3)4)31-22-16(23)8-15(9-17(22)24)30-11-21(28)29/h5-6,8-10,12-13,25H,7,11H2,1-4H3,(H,26,27)(H,28,29). The van der Waals surface area contributed by atoms with Crippen LogP contribution in [0, 0.1) is 5.92 Å². The predicted octanol–water partition coefficient (Wildman–Crippen LogP) is 6.27. The van der Waals surface area contributed by atoms with E-state index in [2.05, 4.69) is 42.5 Å². The van der Waals surface area contributed by atoms with Gasteiger partial charge in [-0.2, -0.15) is 0 Å². The van der Waals surface area contributed by atoms with E-state index in [4.69, 9.17) is 14.6 Å². The fourth-order valence-corrected chi connectivity index (χ4v) is 3.99. The Balaban J connectivity index is 2.26. The van der Waals surface area contributed by atoms with Crippen molar-refractivity contribution in [1.82, 2.24) is 0 Å². The molecule has 0 aliphatic heterocycles. The number of hydrogen-bond donors (Lipinski definition) is 3. The highest BCUT2D eigenvalue weighted by Gasteiger charge is 2.15. The van der Waals surface area contributed by atoms with Gasteiger partial charge >= 0.3 is 5.97 Å². The van der Waals surface area contributed by atoms with E-state index in [0.717, 1.165) is 5.69 Å². The molecule has 3 N–H and O–H groups in total. The summed E-state index contributed by atoms with van der Waals surface area (Å²) < 4.78 is 12.4. The van der Waals surface area contributed by atoms with Crippen LogP contribution >= 0.6 is 31.9 Å². The summed E-state index contributed by atoms with van der Waals surface area (Å²) in [6, 6.07) is 8.81. The van der Waals surface area contributed by atoms with Crippen molar-refractivity contribution in [2.24, 2.45) is 5.92 Å². The Morgan fingerprint density at radius 1 is 1.00 bits per heavy atom. The van der Waals surface area contributed by atoms with Gasteiger partial charge in [0, 0.05) is 18.5 Å². The lowest BCUT2D eigenvalue weighted by Gasteiger charge is -2.18. The van der Waals surface area contributed by atoms with Crippen LogP contribution in [0.3, 0.4) is 0 Å². The summed E-state index contributed by atoms with van der Waals surface area (Å²) in [6.45, 7) is 7.58. The third-order valence-corrected chi connectivity index (χ3v) is 5.04. The first-order valence-corrected chi connectivity index (χ1v) is 11.4. The molecule has 7 nitrogen and oxygen atoms in total. The van der Waals surface area contributed by atoms with Crippen LogP contribution in [0.25, 0.3) is 0 Å². The van der Waals surface area contributed by atoms with E-state index in [1.165, 1.54) is 0 Å². The molecule has 2 aromatic rings. The number of rotatable bonds is 10. The number of carbonyl (C=O) groups excluding carboxylic acids is 1. The first-order valence-electron chi connectivity index (χ1n) is 9.77. The Morgan fingerprint density at radius 3 is 2.19 bits per heavy atom. The van der Waals surface area contributed by atoms with Gasteiger partial charge in [0.25, 0.3) is 0 Å². The number of carboxylic acid groups (broad SMARTS) is 1. The average molecular weight is 558 g/mol. The fraction of sp³-hybridized carbons (Fsp3) is 0.364. The first kappa shape index (κ1) is 25.0. The molecule has 0 spiro atoms. The largest absolute Gasteiger partial charge is 0.482 e. The van der Waals surface area contributed by atoms with Crippen LogP contribution in [-0.2, 0) is 9.59 Å². The molecule has 2 aromatic carbocycles. The molecule has 168 valence electrons. The third-order valence-electron chi connectivity index (χ3n) is 3.86. The van der Waals surface area contributed by atoms with E-state index in [9.17, 15) is 9.59 Å². The van der Waals surface area contributed by atoms with Gasteiger partial charge < -0.3 is 25.2 Å². The van der Waals surface area contributed by atoms with E-state index in [-0.39, 0.29) is 17.9 Å². The highest BCUT2D eigenvalue weighted by Crippen LogP contribution is 2.41. The van der Waals surface area contributed by atoms with Gasteiger partial charge in [-0.05, 0) is 75.9 Å². The van der Waals surface area contributed by atoms with Gasteiger partial charge in [-0.25, -0.2) is 4.79 Å². The smallest absolute Gasteiger partial charge is 0.341 e. The van der Waals surface area contributed by atoms with E-state index in [1.54, 1.807) is 24.3 Å². The minimum atomic E-state index is -1.06. The lowest BCUT2D eigenvalue weighted by molar-refractivity contribution is -0.139. The van der Waals surface area contributed by atoms with Crippen molar-refractivity contribution >= 4 is 55.1 Å². The summed E-state index contributed by atoms with van der Waals surface area (Å²) in [5.74, 6) is 0.622. The molecule has 2 rings (SSSR count). The van der Waals surface area contributed by atoms with Gasteiger partial charge in [0.05, 0.1) is 20.3 Å². The molecule has 0 heterocycles. The molecule has 0 bridgehead atoms. The highest BCUT2D eigenvalue weighted by atomic mass is 79.9. The molecule has 0 aromatic heterocycles. The maximum Gasteiger partial charge on any atom is 0.341 e. The molecule has 0 fully saturated rings. The molecule has 0 atom stereocenters. The monoisotopic (exact) mass is 556 g/mol. The van der Waals surface area contributed by atoms with Crippen LogP contribution in [-0.4, -0.2) is 29.6 Å². The van der Waals surface area contributed by atoms with Crippen molar-refractivity contribution in [3.05, 3.63) is 39.3 Å². The van der Waals surface area contributed by atoms with Crippen molar-refractivity contribution < 1.29 is 24.2 Å². The fourth-order valence-electron chi connectivity index (χ4n) is 2.68. The van der Waals surface area contributed by atoms with Crippen molar-refractivity contribution in [1.29, 1.82) is 0 Å². The number of anilines is 2. The maximum atomic E-state index is 12.2. The van der Waals surface area contributed by atoms with Crippen molar-refractivity contribution in [3.8, 4) is 17.2 Å². The molecular weight excluding hydrogens is 532 g/mol. The maximum absolute atomic E-state index is 12.2. The summed E-state index contributed by atoms with van der Waals surface area (Å²) in [4.78, 5) is 22.9. The minimum Gasteiger partial charge on any atom is -0.482 e. The molecule has 0 aliphatic carbocycles. The van der Waals surface area contributed by atoms with Crippen LogP contribution in [0.4, 0.5) is 11.4 Å². The highest BCUT2D eigenvalue weighted by molar-refractivity contribution is 9.11. The van der Waals surface area contributed by atoms with Crippen LogP contribution < -0.4 is 20.1 Å². The molecule has 0 unspecified atom stereocenters. The number of carbonyl (C=O) groups is 2. The Morgan fingerprint density at radius 2 is 1.65 bits per heavy atom. The number of aliphatic carboxylic acids is 1. The van der Waals surface area contributed by atoms with Crippen molar-refractivity contribution in [2.45, 2.75) is 40.2 Å². The zero-order valence-electron chi connectivity index (χ0n) is 17.8. The topological polar surface area (TPSA) is 96.9 Å². The second kappa shape index (κ2) is 11.4. The lowest BCUT2D eigenvalue weighted by atomic mass is 10.1. The van der Waals surface area contributed by atoms with Crippen LogP contribution in [0.15, 0.2) is 39.3 Å². The third kappa shape index (κ3) is 8.06. The summed E-state index contributed by atoms with van der Waals surface area (Å²) in [5.41, 5.74) is 1.43. The molecule has 0 saturated carbocycles. The molecule has 0 saturated heterocycles. The van der Waals surface area contributed by atoms with Gasteiger partial charge in [-0.15, -0.1) is 0 Å². The Hall–Kier alpha value is -2.26. The molecule has 9 heteroatoms. The van der Waals surface area contributed by atoms with Gasteiger partial charge in [0.1, 0.15) is 11.5 Å². The van der Waals surface area contributed by atoms with E-state index in [0.29, 0.717) is 38.3 Å². The van der Waals surface area contributed by atoms with E-state index < -0.39 is 12.6 Å². The zero-order chi connectivity index (χ0) is 23.1. The number of halogens is 2. The van der Waals surface area contributed by atoms with Crippen molar-refractivity contribution in [2.75, 3.05) is 17.2 Å². The minimum absolute atomic E-state index is 0.0436. The lowest BCUT2D eigenvalue weighted by Crippen LogP contribution is -2.17. The Bertz CT molecular complexity index is 924. The van der Waals surface area contributed by atoms with Gasteiger partial charge in [0.15, 0.2) is 12.4 Å².